The van der Waals surface area contributed by atoms with Gasteiger partial charge < -0.3 is 4.42 Å². The topological polar surface area (TPSA) is 30.2 Å². The molecule has 0 aromatic carbocycles. The number of rotatable bonds is 2. The van der Waals surface area contributed by atoms with Gasteiger partial charge in [0.25, 0.3) is 0 Å². The number of carbonyl (C=O) groups excluding carboxylic acids is 1. The van der Waals surface area contributed by atoms with Crippen LogP contribution in [0.3, 0.4) is 0 Å². The molecule has 1 heterocycles. The van der Waals surface area contributed by atoms with E-state index in [4.69, 9.17) is 4.42 Å². The van der Waals surface area contributed by atoms with Gasteiger partial charge in [0.1, 0.15) is 0 Å². The Morgan fingerprint density at radius 2 is 1.89 bits per heavy atom. The van der Waals surface area contributed by atoms with Gasteiger partial charge in [-0.3, -0.25) is 4.79 Å². The molecule has 2 saturated carbocycles. The molecular weight excluding hydrogens is 292 g/mol. The summed E-state index contributed by atoms with van der Waals surface area (Å²) in [7, 11) is 0. The predicted octanol–water partition coefficient (Wildman–Crippen LogP) is 4.83. The molecule has 2 aliphatic carbocycles. The van der Waals surface area contributed by atoms with E-state index in [0.29, 0.717) is 10.4 Å². The molecule has 0 radical (unpaired) electrons. The standard InChI is InChI=1S/C15H19BrO2/c16-14-8-7-13(18-14)15(17)12-6-5-10-3-1-2-4-11(10)9-12/h7-8,10-12H,1-6,9H2. The van der Waals surface area contributed by atoms with Gasteiger partial charge in [-0.05, 0) is 59.2 Å². The molecule has 0 aliphatic heterocycles. The average molecular weight is 311 g/mol. The van der Waals surface area contributed by atoms with Crippen molar-refractivity contribution in [2.45, 2.75) is 44.9 Å². The number of ketones is 1. The lowest BCUT2D eigenvalue weighted by atomic mass is 9.66. The summed E-state index contributed by atoms with van der Waals surface area (Å²) in [6.07, 6.45) is 8.84. The fourth-order valence-electron chi connectivity index (χ4n) is 3.76. The smallest absolute Gasteiger partial charge is 0.201 e. The minimum atomic E-state index is 0.197. The molecule has 1 aromatic heterocycles. The Labute approximate surface area is 116 Å². The molecule has 98 valence electrons. The average Bonchev–Trinajstić information content (AvgIpc) is 2.84. The molecule has 3 rings (SSSR count). The molecule has 0 saturated heterocycles. The van der Waals surface area contributed by atoms with E-state index < -0.39 is 0 Å². The van der Waals surface area contributed by atoms with Crippen molar-refractivity contribution in [2.75, 3.05) is 0 Å². The van der Waals surface area contributed by atoms with E-state index in [1.807, 2.05) is 0 Å². The van der Waals surface area contributed by atoms with E-state index in [9.17, 15) is 4.79 Å². The van der Waals surface area contributed by atoms with Crippen molar-refractivity contribution in [3.05, 3.63) is 22.6 Å². The molecule has 0 spiro atoms. The zero-order valence-corrected chi connectivity index (χ0v) is 12.1. The normalized spacial score (nSPS) is 31.9. The van der Waals surface area contributed by atoms with Crippen LogP contribution in [-0.2, 0) is 0 Å². The molecular formula is C15H19BrO2. The molecule has 3 heteroatoms. The maximum absolute atomic E-state index is 12.4. The van der Waals surface area contributed by atoms with Crippen LogP contribution in [0.2, 0.25) is 0 Å². The van der Waals surface area contributed by atoms with E-state index in [-0.39, 0.29) is 11.7 Å². The zero-order valence-electron chi connectivity index (χ0n) is 10.5. The lowest BCUT2D eigenvalue weighted by molar-refractivity contribution is 0.0735. The maximum atomic E-state index is 12.4. The summed E-state index contributed by atoms with van der Waals surface area (Å²) in [5.41, 5.74) is 0. The minimum Gasteiger partial charge on any atom is -0.446 e. The largest absolute Gasteiger partial charge is 0.446 e. The van der Waals surface area contributed by atoms with Crippen LogP contribution >= 0.6 is 15.9 Å². The summed E-state index contributed by atoms with van der Waals surface area (Å²) >= 11 is 3.26. The van der Waals surface area contributed by atoms with Crippen molar-refractivity contribution in [1.82, 2.24) is 0 Å². The first-order valence-electron chi connectivity index (χ1n) is 7.03. The summed E-state index contributed by atoms with van der Waals surface area (Å²) < 4.78 is 6.05. The second kappa shape index (κ2) is 5.20. The molecule has 0 amide bonds. The van der Waals surface area contributed by atoms with E-state index in [1.165, 1.54) is 32.1 Å². The van der Waals surface area contributed by atoms with Gasteiger partial charge in [-0.2, -0.15) is 0 Å². The highest BCUT2D eigenvalue weighted by Gasteiger charge is 2.35. The van der Waals surface area contributed by atoms with Gasteiger partial charge in [-0.1, -0.05) is 25.7 Å². The van der Waals surface area contributed by atoms with Gasteiger partial charge in [0, 0.05) is 5.92 Å². The quantitative estimate of drug-likeness (QED) is 0.732. The highest BCUT2D eigenvalue weighted by Crippen LogP contribution is 2.43. The summed E-state index contributed by atoms with van der Waals surface area (Å²) in [6, 6.07) is 3.60. The van der Waals surface area contributed by atoms with Gasteiger partial charge in [0.05, 0.1) is 0 Å². The number of carbonyl (C=O) groups is 1. The molecule has 18 heavy (non-hydrogen) atoms. The van der Waals surface area contributed by atoms with Crippen LogP contribution in [0.4, 0.5) is 0 Å². The fraction of sp³-hybridized carbons (Fsp3) is 0.667. The van der Waals surface area contributed by atoms with E-state index in [1.54, 1.807) is 12.1 Å². The number of Topliss-reactive ketones (excluding diaryl/α,β-unsaturated/α-hetero) is 1. The van der Waals surface area contributed by atoms with Crippen molar-refractivity contribution in [1.29, 1.82) is 0 Å². The van der Waals surface area contributed by atoms with Crippen LogP contribution in [-0.4, -0.2) is 5.78 Å². The minimum absolute atomic E-state index is 0.197. The number of fused-ring (bicyclic) bond motifs is 1. The van der Waals surface area contributed by atoms with Crippen LogP contribution in [0.15, 0.2) is 21.2 Å². The van der Waals surface area contributed by atoms with Crippen LogP contribution in [0.1, 0.15) is 55.5 Å². The third-order valence-corrected chi connectivity index (χ3v) is 5.15. The van der Waals surface area contributed by atoms with Crippen molar-refractivity contribution in [2.24, 2.45) is 17.8 Å². The second-order valence-electron chi connectivity index (χ2n) is 5.78. The van der Waals surface area contributed by atoms with Gasteiger partial charge in [0.2, 0.25) is 5.78 Å². The van der Waals surface area contributed by atoms with Gasteiger partial charge >= 0.3 is 0 Å². The van der Waals surface area contributed by atoms with Crippen LogP contribution < -0.4 is 0 Å². The van der Waals surface area contributed by atoms with Crippen LogP contribution in [0.5, 0.6) is 0 Å². The highest BCUT2D eigenvalue weighted by molar-refractivity contribution is 9.10. The van der Waals surface area contributed by atoms with E-state index >= 15 is 0 Å². The lowest BCUT2D eigenvalue weighted by Crippen LogP contribution is -2.31. The van der Waals surface area contributed by atoms with Gasteiger partial charge in [0.15, 0.2) is 10.4 Å². The fourth-order valence-corrected chi connectivity index (χ4v) is 4.07. The molecule has 0 bridgehead atoms. The number of halogens is 1. The third-order valence-electron chi connectivity index (χ3n) is 4.73. The summed E-state index contributed by atoms with van der Waals surface area (Å²) in [4.78, 5) is 12.4. The summed E-state index contributed by atoms with van der Waals surface area (Å²) in [6.45, 7) is 0. The molecule has 2 fully saturated rings. The Morgan fingerprint density at radius 3 is 2.61 bits per heavy atom. The molecule has 2 aliphatic rings. The van der Waals surface area contributed by atoms with Gasteiger partial charge in [-0.25, -0.2) is 0 Å². The van der Waals surface area contributed by atoms with E-state index in [0.717, 1.165) is 24.7 Å². The second-order valence-corrected chi connectivity index (χ2v) is 6.56. The Balaban J connectivity index is 1.68. The Bertz CT molecular complexity index is 437. The first-order chi connectivity index (χ1) is 8.74. The van der Waals surface area contributed by atoms with Crippen LogP contribution in [0.25, 0.3) is 0 Å². The number of hydrogen-bond donors (Lipinski definition) is 0. The molecule has 3 unspecified atom stereocenters. The molecule has 2 nitrogen and oxygen atoms in total. The molecule has 1 aromatic rings. The molecule has 0 N–H and O–H groups in total. The summed E-state index contributed by atoms with van der Waals surface area (Å²) in [5, 5.41) is 0. The SMILES string of the molecule is O=C(c1ccc(Br)o1)C1CCC2CCCCC2C1. The Hall–Kier alpha value is -0.570. The van der Waals surface area contributed by atoms with Crippen molar-refractivity contribution < 1.29 is 9.21 Å². The molecule has 3 atom stereocenters. The first-order valence-corrected chi connectivity index (χ1v) is 7.83. The predicted molar refractivity (Wildman–Crippen MR) is 73.5 cm³/mol. The number of hydrogen-bond acceptors (Lipinski definition) is 2. The Morgan fingerprint density at radius 1 is 1.11 bits per heavy atom. The maximum Gasteiger partial charge on any atom is 0.201 e. The third kappa shape index (κ3) is 2.42. The number of furan rings is 1. The highest BCUT2D eigenvalue weighted by atomic mass is 79.9. The monoisotopic (exact) mass is 310 g/mol. The van der Waals surface area contributed by atoms with Crippen LogP contribution in [0, 0.1) is 17.8 Å². The van der Waals surface area contributed by atoms with Crippen molar-refractivity contribution in [3.63, 3.8) is 0 Å². The Kier molecular flexibility index (Phi) is 3.60. The first kappa shape index (κ1) is 12.5. The van der Waals surface area contributed by atoms with Crippen molar-refractivity contribution in [3.8, 4) is 0 Å². The zero-order chi connectivity index (χ0) is 12.5. The van der Waals surface area contributed by atoms with E-state index in [2.05, 4.69) is 15.9 Å². The van der Waals surface area contributed by atoms with Crippen molar-refractivity contribution >= 4 is 21.7 Å². The lowest BCUT2D eigenvalue weighted by Gasteiger charge is -2.38. The van der Waals surface area contributed by atoms with Gasteiger partial charge in [-0.15, -0.1) is 0 Å². The summed E-state index contributed by atoms with van der Waals surface area (Å²) in [5.74, 6) is 2.62.